The molecule has 1 amide bonds. The molecule has 0 saturated carbocycles. The van der Waals surface area contributed by atoms with Crippen molar-refractivity contribution in [3.05, 3.63) is 59.7 Å². The molecule has 0 saturated heterocycles. The number of hydrogen-bond acceptors (Lipinski definition) is 4. The molecule has 0 spiro atoms. The number of nitrogens with one attached hydrogen (secondary N) is 1. The summed E-state index contributed by atoms with van der Waals surface area (Å²) in [6.45, 7) is 1.38. The van der Waals surface area contributed by atoms with Crippen molar-refractivity contribution < 1.29 is 4.79 Å². The van der Waals surface area contributed by atoms with E-state index in [9.17, 15) is 4.79 Å². The molecule has 0 aliphatic carbocycles. The van der Waals surface area contributed by atoms with Crippen molar-refractivity contribution in [2.24, 2.45) is 5.73 Å². The molecule has 0 bridgehead atoms. The second-order valence-electron chi connectivity index (χ2n) is 5.95. The number of benzene rings is 1. The predicted octanol–water partition coefficient (Wildman–Crippen LogP) is 2.01. The number of para-hydroxylation sites is 2. The van der Waals surface area contributed by atoms with Crippen LogP contribution >= 0.6 is 0 Å². The van der Waals surface area contributed by atoms with Crippen LogP contribution < -0.4 is 5.73 Å². The van der Waals surface area contributed by atoms with Gasteiger partial charge in [0, 0.05) is 19.2 Å². The molecule has 6 nitrogen and oxygen atoms in total. The maximum atomic E-state index is 11.0. The molecule has 0 aliphatic heterocycles. The maximum absolute atomic E-state index is 11.0. The normalized spacial score (nSPS) is 11.2. The number of hydrogen-bond donors (Lipinski definition) is 2. The first-order valence-electron chi connectivity index (χ1n) is 7.95. The van der Waals surface area contributed by atoms with Gasteiger partial charge in [-0.15, -0.1) is 0 Å². The lowest BCUT2D eigenvalue weighted by Gasteiger charge is -2.16. The molecule has 1 aromatic carbocycles. The minimum Gasteiger partial charge on any atom is -0.370 e. The van der Waals surface area contributed by atoms with Gasteiger partial charge in [0.1, 0.15) is 5.82 Å². The standard InChI is InChI=1S/C18H21N5O/c1-23(12-18-21-14-6-2-3-7-15(14)22-18)11-16-13(5-4-10-20-16)8-9-17(19)24/h2-7,10H,8-9,11-12H2,1H3,(H2,19,24)(H,21,22). The smallest absolute Gasteiger partial charge is 0.217 e. The highest BCUT2D eigenvalue weighted by Gasteiger charge is 2.10. The van der Waals surface area contributed by atoms with Crippen LogP contribution in [0.3, 0.4) is 0 Å². The number of pyridine rings is 1. The van der Waals surface area contributed by atoms with Crippen molar-refractivity contribution in [3.8, 4) is 0 Å². The van der Waals surface area contributed by atoms with E-state index in [2.05, 4.69) is 19.9 Å². The molecule has 0 unspecified atom stereocenters. The summed E-state index contributed by atoms with van der Waals surface area (Å²) >= 11 is 0. The Balaban J connectivity index is 1.68. The first kappa shape index (κ1) is 16.1. The van der Waals surface area contributed by atoms with Gasteiger partial charge in [-0.25, -0.2) is 4.98 Å². The van der Waals surface area contributed by atoms with Crippen molar-refractivity contribution in [3.63, 3.8) is 0 Å². The summed E-state index contributed by atoms with van der Waals surface area (Å²) in [6, 6.07) is 11.9. The minimum atomic E-state index is -0.291. The average Bonchev–Trinajstić information content (AvgIpc) is 2.96. The molecule has 0 aliphatic rings. The van der Waals surface area contributed by atoms with Crippen LogP contribution in [0, 0.1) is 0 Å². The van der Waals surface area contributed by atoms with Crippen LogP contribution in [-0.4, -0.2) is 32.8 Å². The van der Waals surface area contributed by atoms with Gasteiger partial charge in [0.05, 0.1) is 23.3 Å². The zero-order valence-corrected chi connectivity index (χ0v) is 13.7. The largest absolute Gasteiger partial charge is 0.370 e. The minimum absolute atomic E-state index is 0.291. The summed E-state index contributed by atoms with van der Waals surface area (Å²) in [5.74, 6) is 0.633. The van der Waals surface area contributed by atoms with Gasteiger partial charge >= 0.3 is 0 Å². The third-order valence-electron chi connectivity index (χ3n) is 3.90. The van der Waals surface area contributed by atoms with E-state index in [4.69, 9.17) is 5.73 Å². The average molecular weight is 323 g/mol. The van der Waals surface area contributed by atoms with E-state index in [-0.39, 0.29) is 5.91 Å². The summed E-state index contributed by atoms with van der Waals surface area (Å²) in [5, 5.41) is 0. The lowest BCUT2D eigenvalue weighted by molar-refractivity contribution is -0.117. The monoisotopic (exact) mass is 323 g/mol. The van der Waals surface area contributed by atoms with Crippen molar-refractivity contribution in [1.82, 2.24) is 19.9 Å². The summed E-state index contributed by atoms with van der Waals surface area (Å²) in [7, 11) is 2.03. The molecule has 24 heavy (non-hydrogen) atoms. The van der Waals surface area contributed by atoms with Gasteiger partial charge < -0.3 is 10.7 Å². The van der Waals surface area contributed by atoms with Gasteiger partial charge in [-0.3, -0.25) is 14.7 Å². The Morgan fingerprint density at radius 1 is 1.21 bits per heavy atom. The number of primary amides is 1. The number of carbonyl (C=O) groups excluding carboxylic acids is 1. The molecule has 0 radical (unpaired) electrons. The number of rotatable bonds is 7. The SMILES string of the molecule is CN(Cc1nc2ccccc2[nH]1)Cc1ncccc1CCC(N)=O. The highest BCUT2D eigenvalue weighted by atomic mass is 16.1. The second-order valence-corrected chi connectivity index (χ2v) is 5.95. The van der Waals surface area contributed by atoms with Gasteiger partial charge in [-0.05, 0) is 37.2 Å². The van der Waals surface area contributed by atoms with E-state index < -0.39 is 0 Å². The number of fused-ring (bicyclic) bond motifs is 1. The molecule has 3 aromatic rings. The number of nitrogens with two attached hydrogens (primary N) is 1. The first-order chi connectivity index (χ1) is 11.6. The maximum Gasteiger partial charge on any atom is 0.217 e. The highest BCUT2D eigenvalue weighted by Crippen LogP contribution is 2.14. The molecule has 3 rings (SSSR count). The van der Waals surface area contributed by atoms with Crippen LogP contribution in [0.1, 0.15) is 23.5 Å². The third-order valence-corrected chi connectivity index (χ3v) is 3.90. The zero-order valence-electron chi connectivity index (χ0n) is 13.7. The van der Waals surface area contributed by atoms with E-state index in [1.807, 2.05) is 43.4 Å². The molecular weight excluding hydrogens is 302 g/mol. The number of imidazole rings is 1. The molecule has 2 heterocycles. The Morgan fingerprint density at radius 2 is 2.04 bits per heavy atom. The van der Waals surface area contributed by atoms with Crippen LogP contribution in [0.2, 0.25) is 0 Å². The summed E-state index contributed by atoms with van der Waals surface area (Å²) in [6.07, 6.45) is 2.74. The Labute approximate surface area is 140 Å². The first-order valence-corrected chi connectivity index (χ1v) is 7.95. The van der Waals surface area contributed by atoms with Crippen LogP contribution in [0.15, 0.2) is 42.6 Å². The van der Waals surface area contributed by atoms with Crippen LogP contribution in [0.5, 0.6) is 0 Å². The number of aromatic amines is 1. The van der Waals surface area contributed by atoms with Crippen molar-refractivity contribution in [2.75, 3.05) is 7.05 Å². The van der Waals surface area contributed by atoms with Gasteiger partial charge in [0.15, 0.2) is 0 Å². The van der Waals surface area contributed by atoms with E-state index in [0.717, 1.165) is 28.1 Å². The van der Waals surface area contributed by atoms with E-state index in [1.54, 1.807) is 6.20 Å². The Hall–Kier alpha value is -2.73. The topological polar surface area (TPSA) is 87.9 Å². The quantitative estimate of drug-likeness (QED) is 0.696. The van der Waals surface area contributed by atoms with Crippen LogP contribution in [-0.2, 0) is 24.3 Å². The van der Waals surface area contributed by atoms with Gasteiger partial charge in [-0.1, -0.05) is 18.2 Å². The van der Waals surface area contributed by atoms with E-state index >= 15 is 0 Å². The Bertz CT molecular complexity index is 809. The molecule has 0 fully saturated rings. The molecule has 2 aromatic heterocycles. The van der Waals surface area contributed by atoms with Gasteiger partial charge in [0.25, 0.3) is 0 Å². The molecular formula is C18H21N5O. The van der Waals surface area contributed by atoms with Crippen molar-refractivity contribution in [1.29, 1.82) is 0 Å². The lowest BCUT2D eigenvalue weighted by Crippen LogP contribution is -2.20. The van der Waals surface area contributed by atoms with Gasteiger partial charge in [0.2, 0.25) is 5.91 Å². The second kappa shape index (κ2) is 7.23. The summed E-state index contributed by atoms with van der Waals surface area (Å²) in [4.78, 5) is 25.5. The molecule has 6 heteroatoms. The fourth-order valence-corrected chi connectivity index (χ4v) is 2.75. The summed E-state index contributed by atoms with van der Waals surface area (Å²) in [5.41, 5.74) is 9.30. The van der Waals surface area contributed by atoms with E-state index in [1.165, 1.54) is 0 Å². The molecule has 3 N–H and O–H groups in total. The van der Waals surface area contributed by atoms with Crippen LogP contribution in [0.25, 0.3) is 11.0 Å². The number of amides is 1. The fourth-order valence-electron chi connectivity index (χ4n) is 2.75. The fraction of sp³-hybridized carbons (Fsp3) is 0.278. The Kier molecular flexibility index (Phi) is 4.86. The number of H-pyrrole nitrogens is 1. The number of aryl methyl sites for hydroxylation is 1. The third kappa shape index (κ3) is 3.97. The number of nitrogens with zero attached hydrogens (tertiary/aromatic N) is 3. The van der Waals surface area contributed by atoms with Crippen LogP contribution in [0.4, 0.5) is 0 Å². The molecule has 0 atom stereocenters. The predicted molar refractivity (Wildman–Crippen MR) is 93.0 cm³/mol. The van der Waals surface area contributed by atoms with E-state index in [0.29, 0.717) is 25.9 Å². The van der Waals surface area contributed by atoms with Crippen molar-refractivity contribution in [2.45, 2.75) is 25.9 Å². The lowest BCUT2D eigenvalue weighted by atomic mass is 10.1. The number of aromatic nitrogens is 3. The van der Waals surface area contributed by atoms with Crippen molar-refractivity contribution >= 4 is 16.9 Å². The Morgan fingerprint density at radius 3 is 2.83 bits per heavy atom. The molecule has 124 valence electrons. The highest BCUT2D eigenvalue weighted by molar-refractivity contribution is 5.74. The number of carbonyl (C=O) groups is 1. The zero-order chi connectivity index (χ0) is 16.9. The van der Waals surface area contributed by atoms with Gasteiger partial charge in [-0.2, -0.15) is 0 Å². The summed E-state index contributed by atoms with van der Waals surface area (Å²) < 4.78 is 0.